The topological polar surface area (TPSA) is 48.1 Å². The van der Waals surface area contributed by atoms with Gasteiger partial charge in [0.1, 0.15) is 5.15 Å². The molecule has 2 N–H and O–H groups in total. The van der Waals surface area contributed by atoms with E-state index in [0.717, 1.165) is 11.1 Å². The van der Waals surface area contributed by atoms with Gasteiger partial charge in [0.25, 0.3) is 0 Å². The van der Waals surface area contributed by atoms with E-state index < -0.39 is 0 Å². The number of nitrogens with two attached hydrogens (primary N) is 1. The molecule has 0 saturated heterocycles. The summed E-state index contributed by atoms with van der Waals surface area (Å²) in [7, 11) is 0. The Bertz CT molecular complexity index is 326. The third-order valence-electron chi connectivity index (χ3n) is 2.24. The fourth-order valence-corrected chi connectivity index (χ4v) is 1.32. The summed E-state index contributed by atoms with van der Waals surface area (Å²) in [5.74, 6) is 5.07. The molecule has 1 aromatic heterocycles. The minimum absolute atomic E-state index is 0.142. The van der Waals surface area contributed by atoms with E-state index in [1.807, 2.05) is 26.8 Å². The van der Waals surface area contributed by atoms with Gasteiger partial charge in [-0.3, -0.25) is 0 Å². The highest BCUT2D eigenvalue weighted by Crippen LogP contribution is 2.25. The Labute approximate surface area is 89.2 Å². The first kappa shape index (κ1) is 11.4. The highest BCUT2D eigenvalue weighted by atomic mass is 35.5. The molecule has 0 radical (unpaired) electrons. The second-order valence-corrected chi connectivity index (χ2v) is 4.38. The number of halogens is 1. The van der Waals surface area contributed by atoms with E-state index in [1.165, 1.54) is 0 Å². The number of rotatable bonds is 3. The molecule has 3 nitrogen and oxygen atoms in total. The number of nitrogens with zero attached hydrogens (tertiary/aromatic N) is 1. The summed E-state index contributed by atoms with van der Waals surface area (Å²) in [4.78, 5) is 8.77. The van der Waals surface area contributed by atoms with E-state index in [-0.39, 0.29) is 5.41 Å². The molecule has 14 heavy (non-hydrogen) atoms. The predicted octanol–water partition coefficient (Wildman–Crippen LogP) is 2.21. The molecule has 1 rings (SSSR count). The summed E-state index contributed by atoms with van der Waals surface area (Å²) in [6, 6.07) is 2.01. The summed E-state index contributed by atoms with van der Waals surface area (Å²) in [6.07, 6.45) is 1.76. The number of aryl methyl sites for hydroxylation is 1. The average Bonchev–Trinajstić information content (AvgIpc) is 2.09. The van der Waals surface area contributed by atoms with E-state index in [1.54, 1.807) is 6.20 Å². The van der Waals surface area contributed by atoms with E-state index in [2.05, 4.69) is 9.82 Å². The number of pyridine rings is 1. The van der Waals surface area contributed by atoms with Gasteiger partial charge in [-0.25, -0.2) is 10.9 Å². The van der Waals surface area contributed by atoms with Gasteiger partial charge >= 0.3 is 0 Å². The zero-order chi connectivity index (χ0) is 10.8. The zero-order valence-electron chi connectivity index (χ0n) is 8.67. The van der Waals surface area contributed by atoms with Crippen molar-refractivity contribution in [1.29, 1.82) is 0 Å². The van der Waals surface area contributed by atoms with E-state index in [9.17, 15) is 0 Å². The van der Waals surface area contributed by atoms with Gasteiger partial charge in [-0.15, -0.1) is 0 Å². The second-order valence-electron chi connectivity index (χ2n) is 4.03. The van der Waals surface area contributed by atoms with Crippen molar-refractivity contribution in [3.8, 4) is 0 Å². The molecule has 0 aromatic carbocycles. The van der Waals surface area contributed by atoms with Crippen LogP contribution in [0.2, 0.25) is 5.15 Å². The Morgan fingerprint density at radius 1 is 1.57 bits per heavy atom. The van der Waals surface area contributed by atoms with Crippen LogP contribution in [-0.2, 0) is 10.3 Å². The highest BCUT2D eigenvalue weighted by molar-refractivity contribution is 6.30. The first-order valence-corrected chi connectivity index (χ1v) is 4.79. The standard InChI is InChI=1S/C10H15ClN2O/c1-7-4-8(5-13-9(7)11)10(2,3)6-14-12/h4-5H,6,12H2,1-3H3. The fourth-order valence-electron chi connectivity index (χ4n) is 1.22. The molecule has 0 bridgehead atoms. The Hall–Kier alpha value is -0.640. The van der Waals surface area contributed by atoms with Crippen molar-refractivity contribution in [2.45, 2.75) is 26.2 Å². The van der Waals surface area contributed by atoms with Crippen LogP contribution >= 0.6 is 11.6 Å². The van der Waals surface area contributed by atoms with Gasteiger partial charge in [0, 0.05) is 11.6 Å². The maximum Gasteiger partial charge on any atom is 0.131 e. The smallest absolute Gasteiger partial charge is 0.131 e. The molecule has 0 amide bonds. The molecule has 1 heterocycles. The Kier molecular flexibility index (Phi) is 3.48. The van der Waals surface area contributed by atoms with Crippen LogP contribution in [0.25, 0.3) is 0 Å². The normalized spacial score (nSPS) is 11.8. The van der Waals surface area contributed by atoms with E-state index in [0.29, 0.717) is 11.8 Å². The molecule has 0 aliphatic carbocycles. The monoisotopic (exact) mass is 214 g/mol. The van der Waals surface area contributed by atoms with Crippen molar-refractivity contribution in [3.05, 3.63) is 28.5 Å². The lowest BCUT2D eigenvalue weighted by Gasteiger charge is -2.23. The molecule has 0 aliphatic rings. The summed E-state index contributed by atoms with van der Waals surface area (Å²) < 4.78 is 0. The lowest BCUT2D eigenvalue weighted by atomic mass is 9.86. The maximum absolute atomic E-state index is 5.84. The van der Waals surface area contributed by atoms with Crippen LogP contribution in [0.15, 0.2) is 12.3 Å². The van der Waals surface area contributed by atoms with Crippen molar-refractivity contribution in [3.63, 3.8) is 0 Å². The van der Waals surface area contributed by atoms with Crippen LogP contribution in [0.3, 0.4) is 0 Å². The molecule has 4 heteroatoms. The molecular weight excluding hydrogens is 200 g/mol. The Balaban J connectivity index is 3.01. The van der Waals surface area contributed by atoms with Gasteiger partial charge in [-0.2, -0.15) is 0 Å². The van der Waals surface area contributed by atoms with Gasteiger partial charge in [0.05, 0.1) is 6.61 Å². The summed E-state index contributed by atoms with van der Waals surface area (Å²) in [6.45, 7) is 6.47. The quantitative estimate of drug-likeness (QED) is 0.620. The predicted molar refractivity (Wildman–Crippen MR) is 57.1 cm³/mol. The number of hydrogen-bond acceptors (Lipinski definition) is 3. The SMILES string of the molecule is Cc1cc(C(C)(C)CON)cnc1Cl. The van der Waals surface area contributed by atoms with Gasteiger partial charge in [0.2, 0.25) is 0 Å². The highest BCUT2D eigenvalue weighted by Gasteiger charge is 2.21. The van der Waals surface area contributed by atoms with Crippen LogP contribution in [0.1, 0.15) is 25.0 Å². The zero-order valence-corrected chi connectivity index (χ0v) is 9.43. The lowest BCUT2D eigenvalue weighted by Crippen LogP contribution is -2.26. The van der Waals surface area contributed by atoms with Crippen LogP contribution in [0.5, 0.6) is 0 Å². The molecule has 78 valence electrons. The molecule has 1 aromatic rings. The minimum atomic E-state index is -0.142. The van der Waals surface area contributed by atoms with Crippen LogP contribution in [-0.4, -0.2) is 11.6 Å². The Morgan fingerprint density at radius 3 is 2.71 bits per heavy atom. The molecule has 0 spiro atoms. The van der Waals surface area contributed by atoms with Crippen molar-refractivity contribution in [1.82, 2.24) is 4.98 Å². The van der Waals surface area contributed by atoms with Gasteiger partial charge in [-0.05, 0) is 18.1 Å². The number of hydrogen-bond donors (Lipinski definition) is 1. The van der Waals surface area contributed by atoms with Crippen molar-refractivity contribution < 1.29 is 4.84 Å². The first-order chi connectivity index (χ1) is 6.47. The molecule has 0 unspecified atom stereocenters. The third kappa shape index (κ3) is 2.44. The fraction of sp³-hybridized carbons (Fsp3) is 0.500. The van der Waals surface area contributed by atoms with Gasteiger partial charge in [0.15, 0.2) is 0 Å². The van der Waals surface area contributed by atoms with E-state index >= 15 is 0 Å². The van der Waals surface area contributed by atoms with Gasteiger partial charge in [-0.1, -0.05) is 31.5 Å². The minimum Gasteiger partial charge on any atom is -0.304 e. The van der Waals surface area contributed by atoms with Crippen molar-refractivity contribution in [2.75, 3.05) is 6.61 Å². The third-order valence-corrected chi connectivity index (χ3v) is 2.64. The Morgan fingerprint density at radius 2 is 2.21 bits per heavy atom. The van der Waals surface area contributed by atoms with Crippen LogP contribution in [0, 0.1) is 6.92 Å². The van der Waals surface area contributed by atoms with Crippen molar-refractivity contribution >= 4 is 11.6 Å². The largest absolute Gasteiger partial charge is 0.304 e. The number of aromatic nitrogens is 1. The molecule has 0 saturated carbocycles. The second kappa shape index (κ2) is 4.26. The summed E-state index contributed by atoms with van der Waals surface area (Å²) in [5.41, 5.74) is 1.90. The van der Waals surface area contributed by atoms with Crippen LogP contribution < -0.4 is 5.90 Å². The van der Waals surface area contributed by atoms with E-state index in [4.69, 9.17) is 17.5 Å². The summed E-state index contributed by atoms with van der Waals surface area (Å²) in [5, 5.41) is 0.540. The summed E-state index contributed by atoms with van der Waals surface area (Å²) >= 11 is 5.84. The van der Waals surface area contributed by atoms with Crippen molar-refractivity contribution in [2.24, 2.45) is 5.90 Å². The lowest BCUT2D eigenvalue weighted by molar-refractivity contribution is 0.0963. The molecular formula is C10H15ClN2O. The maximum atomic E-state index is 5.84. The molecule has 0 aliphatic heterocycles. The average molecular weight is 215 g/mol. The van der Waals surface area contributed by atoms with Gasteiger partial charge < -0.3 is 4.84 Å². The molecule has 0 atom stereocenters. The first-order valence-electron chi connectivity index (χ1n) is 4.41. The van der Waals surface area contributed by atoms with Crippen LogP contribution in [0.4, 0.5) is 0 Å². The molecule has 0 fully saturated rings.